The van der Waals surface area contributed by atoms with Crippen molar-refractivity contribution in [2.24, 2.45) is 0 Å². The Morgan fingerprint density at radius 1 is 1.35 bits per heavy atom. The average Bonchev–Trinajstić information content (AvgIpc) is 2.69. The lowest BCUT2D eigenvalue weighted by Gasteiger charge is -2.18. The molecule has 1 unspecified atom stereocenters. The molecule has 0 bridgehead atoms. The number of nitrogens with zero attached hydrogens (tertiary/aromatic N) is 1. The number of aromatic nitrogens is 1. The van der Waals surface area contributed by atoms with Gasteiger partial charge in [0.25, 0.3) is 0 Å². The Bertz CT molecular complexity index is 417. The van der Waals surface area contributed by atoms with E-state index in [1.807, 2.05) is 13.8 Å². The first kappa shape index (κ1) is 15.6. The Kier molecular flexibility index (Phi) is 5.28. The van der Waals surface area contributed by atoms with E-state index in [4.69, 9.17) is 0 Å². The van der Waals surface area contributed by atoms with Crippen LogP contribution < -0.4 is 5.32 Å². The van der Waals surface area contributed by atoms with Gasteiger partial charge in [-0.25, -0.2) is 0 Å². The number of aryl methyl sites for hydroxylation is 2. The van der Waals surface area contributed by atoms with Crippen LogP contribution in [0, 0.1) is 0 Å². The van der Waals surface area contributed by atoms with Gasteiger partial charge in [0.2, 0.25) is 0 Å². The fraction of sp³-hybridized carbons (Fsp3) is 0.765. The zero-order valence-electron chi connectivity index (χ0n) is 13.3. The highest BCUT2D eigenvalue weighted by atomic mass is 16.3. The van der Waals surface area contributed by atoms with Crippen LogP contribution in [-0.4, -0.2) is 21.8 Å². The zero-order valence-corrected chi connectivity index (χ0v) is 13.3. The molecule has 1 aliphatic carbocycles. The molecule has 2 N–H and O–H groups in total. The molecule has 0 radical (unpaired) electrons. The molecule has 114 valence electrons. The third-order valence-electron chi connectivity index (χ3n) is 4.18. The minimum atomic E-state index is -0.582. The van der Waals surface area contributed by atoms with E-state index in [9.17, 15) is 5.11 Å². The highest BCUT2D eigenvalue weighted by Gasteiger charge is 2.20. The molecule has 0 saturated carbocycles. The quantitative estimate of drug-likeness (QED) is 0.782. The van der Waals surface area contributed by atoms with Crippen LogP contribution in [0.15, 0.2) is 12.4 Å². The van der Waals surface area contributed by atoms with E-state index in [0.29, 0.717) is 6.04 Å². The Labute approximate surface area is 123 Å². The smallest absolute Gasteiger partial charge is 0.0608 e. The van der Waals surface area contributed by atoms with Gasteiger partial charge >= 0.3 is 0 Å². The normalized spacial score (nSPS) is 19.7. The van der Waals surface area contributed by atoms with Gasteiger partial charge in [0.1, 0.15) is 0 Å². The summed E-state index contributed by atoms with van der Waals surface area (Å²) >= 11 is 0. The van der Waals surface area contributed by atoms with Crippen LogP contribution in [-0.2, 0) is 13.0 Å². The third kappa shape index (κ3) is 4.35. The summed E-state index contributed by atoms with van der Waals surface area (Å²) in [5.74, 6) is 0. The molecule has 3 heteroatoms. The van der Waals surface area contributed by atoms with Gasteiger partial charge in [-0.05, 0) is 63.6 Å². The van der Waals surface area contributed by atoms with Crippen molar-refractivity contribution in [3.05, 3.63) is 23.5 Å². The lowest BCUT2D eigenvalue weighted by atomic mass is 10.0. The second-order valence-corrected chi connectivity index (χ2v) is 6.79. The van der Waals surface area contributed by atoms with Crippen LogP contribution in [0.1, 0.15) is 70.0 Å². The maximum Gasteiger partial charge on any atom is 0.0608 e. The number of hydrogen-bond acceptors (Lipinski definition) is 2. The van der Waals surface area contributed by atoms with E-state index in [1.165, 1.54) is 43.2 Å². The average molecular weight is 278 g/mol. The Morgan fingerprint density at radius 3 is 2.85 bits per heavy atom. The van der Waals surface area contributed by atoms with E-state index in [2.05, 4.69) is 29.2 Å². The van der Waals surface area contributed by atoms with Crippen molar-refractivity contribution in [3.8, 4) is 0 Å². The molecule has 1 atom stereocenters. The van der Waals surface area contributed by atoms with Crippen LogP contribution in [0.3, 0.4) is 0 Å². The van der Waals surface area contributed by atoms with E-state index in [-0.39, 0.29) is 0 Å². The van der Waals surface area contributed by atoms with Crippen molar-refractivity contribution >= 4 is 0 Å². The van der Waals surface area contributed by atoms with Crippen molar-refractivity contribution in [2.75, 3.05) is 6.54 Å². The topological polar surface area (TPSA) is 37.2 Å². The highest BCUT2D eigenvalue weighted by Crippen LogP contribution is 2.29. The molecule has 0 saturated heterocycles. The molecule has 0 fully saturated rings. The standard InChI is InChI=1S/C17H30N2O/c1-4-10-18-16-8-6-5-7-14-12-19(13-15(14)16)11-9-17(2,3)20/h12-13,16,18,20H,4-11H2,1-3H3. The maximum absolute atomic E-state index is 9.87. The molecule has 1 aromatic heterocycles. The first-order valence-corrected chi connectivity index (χ1v) is 8.14. The van der Waals surface area contributed by atoms with Crippen molar-refractivity contribution in [2.45, 2.75) is 77.5 Å². The van der Waals surface area contributed by atoms with Gasteiger partial charge in [-0.3, -0.25) is 0 Å². The van der Waals surface area contributed by atoms with Gasteiger partial charge in [-0.2, -0.15) is 0 Å². The summed E-state index contributed by atoms with van der Waals surface area (Å²) in [6, 6.07) is 0.524. The summed E-state index contributed by atoms with van der Waals surface area (Å²) in [5.41, 5.74) is 2.42. The van der Waals surface area contributed by atoms with Gasteiger partial charge in [0, 0.05) is 25.0 Å². The molecule has 2 rings (SSSR count). The van der Waals surface area contributed by atoms with Gasteiger partial charge in [-0.15, -0.1) is 0 Å². The number of nitrogens with one attached hydrogen (secondary N) is 1. The molecule has 20 heavy (non-hydrogen) atoms. The molecule has 0 aliphatic heterocycles. The van der Waals surface area contributed by atoms with E-state index in [1.54, 1.807) is 0 Å². The Balaban J connectivity index is 2.08. The third-order valence-corrected chi connectivity index (χ3v) is 4.18. The molecule has 0 aromatic carbocycles. The van der Waals surface area contributed by atoms with Crippen LogP contribution in [0.4, 0.5) is 0 Å². The first-order valence-electron chi connectivity index (χ1n) is 8.14. The van der Waals surface area contributed by atoms with Crippen LogP contribution in [0.2, 0.25) is 0 Å². The fourth-order valence-corrected chi connectivity index (χ4v) is 2.98. The minimum Gasteiger partial charge on any atom is -0.390 e. The number of hydrogen-bond donors (Lipinski definition) is 2. The molecular formula is C17H30N2O. The molecule has 1 aliphatic rings. The van der Waals surface area contributed by atoms with Crippen LogP contribution >= 0.6 is 0 Å². The van der Waals surface area contributed by atoms with Crippen molar-refractivity contribution in [1.29, 1.82) is 0 Å². The molecule has 1 aromatic rings. The number of rotatable bonds is 6. The monoisotopic (exact) mass is 278 g/mol. The van der Waals surface area contributed by atoms with Crippen LogP contribution in [0.5, 0.6) is 0 Å². The molecule has 3 nitrogen and oxygen atoms in total. The largest absolute Gasteiger partial charge is 0.390 e. The van der Waals surface area contributed by atoms with Gasteiger partial charge < -0.3 is 15.0 Å². The lowest BCUT2D eigenvalue weighted by Crippen LogP contribution is -2.22. The van der Waals surface area contributed by atoms with E-state index < -0.39 is 5.60 Å². The number of fused-ring (bicyclic) bond motifs is 1. The summed E-state index contributed by atoms with van der Waals surface area (Å²) in [6.45, 7) is 7.98. The first-order chi connectivity index (χ1) is 9.49. The van der Waals surface area contributed by atoms with Gasteiger partial charge in [0.15, 0.2) is 0 Å². The summed E-state index contributed by atoms with van der Waals surface area (Å²) in [5, 5.41) is 13.6. The fourth-order valence-electron chi connectivity index (χ4n) is 2.98. The van der Waals surface area contributed by atoms with E-state index in [0.717, 1.165) is 19.5 Å². The molecular weight excluding hydrogens is 248 g/mol. The van der Waals surface area contributed by atoms with Crippen molar-refractivity contribution < 1.29 is 5.11 Å². The predicted molar refractivity (Wildman–Crippen MR) is 83.9 cm³/mol. The summed E-state index contributed by atoms with van der Waals surface area (Å²) < 4.78 is 2.27. The minimum absolute atomic E-state index is 0.524. The highest BCUT2D eigenvalue weighted by molar-refractivity contribution is 5.29. The second kappa shape index (κ2) is 6.77. The summed E-state index contributed by atoms with van der Waals surface area (Å²) in [4.78, 5) is 0. The Hall–Kier alpha value is -0.800. The lowest BCUT2D eigenvalue weighted by molar-refractivity contribution is 0.0662. The zero-order chi connectivity index (χ0) is 14.6. The van der Waals surface area contributed by atoms with Crippen LogP contribution in [0.25, 0.3) is 0 Å². The SMILES string of the molecule is CCCNC1CCCCc2cn(CCC(C)(C)O)cc21. The van der Waals surface area contributed by atoms with Crippen molar-refractivity contribution in [3.63, 3.8) is 0 Å². The molecule has 0 amide bonds. The van der Waals surface area contributed by atoms with Crippen molar-refractivity contribution in [1.82, 2.24) is 9.88 Å². The maximum atomic E-state index is 9.87. The molecule has 0 spiro atoms. The van der Waals surface area contributed by atoms with Gasteiger partial charge in [0.05, 0.1) is 5.60 Å². The second-order valence-electron chi connectivity index (χ2n) is 6.79. The number of aliphatic hydroxyl groups is 1. The summed E-state index contributed by atoms with van der Waals surface area (Å²) in [7, 11) is 0. The van der Waals surface area contributed by atoms with E-state index >= 15 is 0 Å². The molecule has 1 heterocycles. The summed E-state index contributed by atoms with van der Waals surface area (Å²) in [6.07, 6.45) is 11.7. The van der Waals surface area contributed by atoms with Gasteiger partial charge in [-0.1, -0.05) is 13.3 Å². The Morgan fingerprint density at radius 2 is 2.15 bits per heavy atom. The predicted octanol–water partition coefficient (Wildman–Crippen LogP) is 3.42.